The lowest BCUT2D eigenvalue weighted by Gasteiger charge is -2.11. The van der Waals surface area contributed by atoms with Crippen LogP contribution in [0.3, 0.4) is 0 Å². The Morgan fingerprint density at radius 2 is 2.07 bits per heavy atom. The van der Waals surface area contributed by atoms with E-state index in [-0.39, 0.29) is 18.1 Å². The van der Waals surface area contributed by atoms with Crippen molar-refractivity contribution in [3.63, 3.8) is 0 Å². The van der Waals surface area contributed by atoms with Gasteiger partial charge in [-0.1, -0.05) is 18.2 Å². The zero-order chi connectivity index (χ0) is 21.3. The topological polar surface area (TPSA) is 84.8 Å². The van der Waals surface area contributed by atoms with Gasteiger partial charge in [0.1, 0.15) is 23.2 Å². The first kappa shape index (κ1) is 19.6. The molecule has 8 heteroatoms. The van der Waals surface area contributed by atoms with E-state index in [4.69, 9.17) is 4.74 Å². The van der Waals surface area contributed by atoms with Gasteiger partial charge < -0.3 is 15.0 Å². The molecule has 4 rings (SSSR count). The number of carbonyl (C=O) groups is 1. The summed E-state index contributed by atoms with van der Waals surface area (Å²) in [6.45, 7) is 1.89. The van der Waals surface area contributed by atoms with Crippen LogP contribution in [0.25, 0.3) is 22.2 Å². The third-order valence-corrected chi connectivity index (χ3v) is 4.94. The van der Waals surface area contributed by atoms with E-state index in [2.05, 4.69) is 20.4 Å². The summed E-state index contributed by atoms with van der Waals surface area (Å²) < 4.78 is 20.5. The number of carbonyl (C=O) groups excluding carboxylic acids is 1. The normalized spacial score (nSPS) is 11.1. The van der Waals surface area contributed by atoms with Gasteiger partial charge in [-0.25, -0.2) is 9.37 Å². The largest absolute Gasteiger partial charge is 0.496 e. The molecule has 4 aromatic rings. The number of H-pyrrole nitrogens is 1. The number of nitrogens with one attached hydrogen (secondary N) is 2. The Bertz CT molecular complexity index is 1230. The number of benzene rings is 2. The molecule has 0 saturated heterocycles. The van der Waals surface area contributed by atoms with Gasteiger partial charge in [0.15, 0.2) is 0 Å². The van der Waals surface area contributed by atoms with Crippen molar-refractivity contribution in [1.82, 2.24) is 19.7 Å². The average molecular weight is 407 g/mol. The van der Waals surface area contributed by atoms with Crippen LogP contribution in [0.4, 0.5) is 10.2 Å². The van der Waals surface area contributed by atoms with Gasteiger partial charge in [-0.2, -0.15) is 5.10 Å². The lowest BCUT2D eigenvalue weighted by molar-refractivity contribution is -0.116. The summed E-state index contributed by atoms with van der Waals surface area (Å²) in [6.07, 6.45) is 0.626. The van der Waals surface area contributed by atoms with Gasteiger partial charge in [0.2, 0.25) is 5.91 Å². The second-order valence-corrected chi connectivity index (χ2v) is 7.03. The lowest BCUT2D eigenvalue weighted by atomic mass is 10.0. The molecule has 154 valence electrons. The summed E-state index contributed by atoms with van der Waals surface area (Å²) in [7, 11) is 3.40. The number of aromatic amines is 1. The average Bonchev–Trinajstić information content (AvgIpc) is 3.25. The molecule has 1 amide bonds. The number of rotatable bonds is 6. The number of para-hydroxylation sites is 1. The van der Waals surface area contributed by atoms with Gasteiger partial charge in [-0.05, 0) is 31.2 Å². The van der Waals surface area contributed by atoms with E-state index in [0.29, 0.717) is 34.8 Å². The van der Waals surface area contributed by atoms with E-state index in [1.165, 1.54) is 12.1 Å². The van der Waals surface area contributed by atoms with Crippen molar-refractivity contribution < 1.29 is 13.9 Å². The second kappa shape index (κ2) is 7.98. The molecular weight excluding hydrogens is 385 g/mol. The number of anilines is 1. The van der Waals surface area contributed by atoms with Crippen LogP contribution in [0.2, 0.25) is 0 Å². The highest BCUT2D eigenvalue weighted by Crippen LogP contribution is 2.37. The molecule has 0 atom stereocenters. The minimum absolute atomic E-state index is 0.166. The fraction of sp³-hybridized carbons (Fsp3) is 0.227. The molecule has 0 aliphatic heterocycles. The van der Waals surface area contributed by atoms with Crippen LogP contribution in [0.1, 0.15) is 17.9 Å². The number of hydrogen-bond acceptors (Lipinski definition) is 4. The van der Waals surface area contributed by atoms with E-state index in [1.54, 1.807) is 24.9 Å². The van der Waals surface area contributed by atoms with Gasteiger partial charge >= 0.3 is 0 Å². The first-order valence-corrected chi connectivity index (χ1v) is 9.57. The third kappa shape index (κ3) is 3.76. The number of ether oxygens (including phenoxy) is 1. The van der Waals surface area contributed by atoms with Crippen LogP contribution < -0.4 is 10.1 Å². The highest BCUT2D eigenvalue weighted by atomic mass is 19.1. The number of aromatic nitrogens is 4. The number of imidazole rings is 1. The Morgan fingerprint density at radius 1 is 1.27 bits per heavy atom. The second-order valence-electron chi connectivity index (χ2n) is 7.03. The van der Waals surface area contributed by atoms with E-state index in [0.717, 1.165) is 16.8 Å². The van der Waals surface area contributed by atoms with Crippen molar-refractivity contribution >= 4 is 22.8 Å². The van der Waals surface area contributed by atoms with Crippen molar-refractivity contribution in [2.24, 2.45) is 7.05 Å². The smallest absolute Gasteiger partial charge is 0.225 e. The van der Waals surface area contributed by atoms with Gasteiger partial charge in [0.05, 0.1) is 29.4 Å². The fourth-order valence-electron chi connectivity index (χ4n) is 3.55. The van der Waals surface area contributed by atoms with Crippen molar-refractivity contribution in [3.8, 4) is 16.9 Å². The van der Waals surface area contributed by atoms with E-state index in [9.17, 15) is 9.18 Å². The molecule has 2 heterocycles. The highest BCUT2D eigenvalue weighted by molar-refractivity contribution is 5.95. The first-order valence-electron chi connectivity index (χ1n) is 9.57. The number of methoxy groups -OCH3 is 1. The Balaban J connectivity index is 1.53. The number of halogens is 1. The number of nitrogens with zero attached hydrogens (tertiary/aromatic N) is 3. The molecule has 2 aromatic carbocycles. The van der Waals surface area contributed by atoms with Crippen LogP contribution >= 0.6 is 0 Å². The third-order valence-electron chi connectivity index (χ3n) is 4.94. The summed E-state index contributed by atoms with van der Waals surface area (Å²) >= 11 is 0. The van der Waals surface area contributed by atoms with Crippen LogP contribution in [-0.2, 0) is 18.3 Å². The van der Waals surface area contributed by atoms with Gasteiger partial charge in [-0.3, -0.25) is 9.48 Å². The molecule has 0 radical (unpaired) electrons. The van der Waals surface area contributed by atoms with Gasteiger partial charge in [0, 0.05) is 25.5 Å². The molecule has 2 aromatic heterocycles. The minimum Gasteiger partial charge on any atom is -0.496 e. The Hall–Kier alpha value is -3.68. The molecule has 0 spiro atoms. The SMILES string of the molecule is COc1ccccc1-c1c(C)nn(C)c1NC(=O)CCc1nc2ccc(F)cc2[nH]1. The van der Waals surface area contributed by atoms with Crippen molar-refractivity contribution in [2.75, 3.05) is 12.4 Å². The standard InChI is InChI=1S/C22H22FN5O2/c1-13-21(15-6-4-5-7-18(15)30-3)22(28(2)27-13)26-20(29)11-10-19-24-16-9-8-14(23)12-17(16)25-19/h4-9,12H,10-11H2,1-3H3,(H,24,25)(H,26,29). The molecule has 7 nitrogen and oxygen atoms in total. The number of amides is 1. The van der Waals surface area contributed by atoms with Crippen molar-refractivity contribution in [2.45, 2.75) is 19.8 Å². The van der Waals surface area contributed by atoms with Crippen molar-refractivity contribution in [1.29, 1.82) is 0 Å². The monoisotopic (exact) mass is 407 g/mol. The predicted octanol–water partition coefficient (Wildman–Crippen LogP) is 3.99. The summed E-state index contributed by atoms with van der Waals surface area (Å²) in [5.41, 5.74) is 3.76. The lowest BCUT2D eigenvalue weighted by Crippen LogP contribution is -2.16. The van der Waals surface area contributed by atoms with E-state index in [1.807, 2.05) is 31.2 Å². The molecule has 0 bridgehead atoms. The molecule has 0 saturated carbocycles. The molecule has 30 heavy (non-hydrogen) atoms. The first-order chi connectivity index (χ1) is 14.5. The number of aryl methyl sites for hydroxylation is 3. The maximum absolute atomic E-state index is 13.3. The maximum Gasteiger partial charge on any atom is 0.225 e. The molecule has 0 fully saturated rings. The molecule has 0 unspecified atom stereocenters. The van der Waals surface area contributed by atoms with Crippen LogP contribution in [0.5, 0.6) is 5.75 Å². The molecule has 2 N–H and O–H groups in total. The summed E-state index contributed by atoms with van der Waals surface area (Å²) in [5, 5.41) is 7.43. The van der Waals surface area contributed by atoms with E-state index >= 15 is 0 Å². The summed E-state index contributed by atoms with van der Waals surface area (Å²) in [5.74, 6) is 1.45. The quantitative estimate of drug-likeness (QED) is 0.506. The summed E-state index contributed by atoms with van der Waals surface area (Å²) in [4.78, 5) is 20.1. The summed E-state index contributed by atoms with van der Waals surface area (Å²) in [6, 6.07) is 12.0. The van der Waals surface area contributed by atoms with Crippen LogP contribution in [0, 0.1) is 12.7 Å². The number of fused-ring (bicyclic) bond motifs is 1. The van der Waals surface area contributed by atoms with Gasteiger partial charge in [-0.15, -0.1) is 0 Å². The fourth-order valence-corrected chi connectivity index (χ4v) is 3.55. The molecule has 0 aliphatic rings. The zero-order valence-corrected chi connectivity index (χ0v) is 17.0. The zero-order valence-electron chi connectivity index (χ0n) is 17.0. The Kier molecular flexibility index (Phi) is 5.22. The van der Waals surface area contributed by atoms with E-state index < -0.39 is 0 Å². The van der Waals surface area contributed by atoms with Crippen LogP contribution in [-0.4, -0.2) is 32.8 Å². The minimum atomic E-state index is -0.328. The number of hydrogen-bond donors (Lipinski definition) is 2. The predicted molar refractivity (Wildman–Crippen MR) is 113 cm³/mol. The highest BCUT2D eigenvalue weighted by Gasteiger charge is 2.20. The van der Waals surface area contributed by atoms with Crippen molar-refractivity contribution in [3.05, 3.63) is 59.8 Å². The molecule has 0 aliphatic carbocycles. The Morgan fingerprint density at radius 3 is 2.87 bits per heavy atom. The maximum atomic E-state index is 13.3. The Labute approximate surface area is 172 Å². The van der Waals surface area contributed by atoms with Crippen LogP contribution in [0.15, 0.2) is 42.5 Å². The van der Waals surface area contributed by atoms with Gasteiger partial charge in [0.25, 0.3) is 0 Å². The molecular formula is C22H22FN5O2.